The van der Waals surface area contributed by atoms with Crippen molar-refractivity contribution in [2.45, 2.75) is 44.9 Å². The molecule has 190 valence electrons. The smallest absolute Gasteiger partial charge is 0.326 e. The van der Waals surface area contributed by atoms with Crippen molar-refractivity contribution in [2.24, 2.45) is 0 Å². The first-order valence-corrected chi connectivity index (χ1v) is 13.5. The average Bonchev–Trinajstić information content (AvgIpc) is 3.23. The van der Waals surface area contributed by atoms with Gasteiger partial charge in [-0.3, -0.25) is 14.7 Å². The maximum Gasteiger partial charge on any atom is 0.326 e. The van der Waals surface area contributed by atoms with Crippen LogP contribution in [-0.4, -0.2) is 65.1 Å². The third-order valence-electron chi connectivity index (χ3n) is 6.59. The third-order valence-corrected chi connectivity index (χ3v) is 8.28. The summed E-state index contributed by atoms with van der Waals surface area (Å²) < 4.78 is 7.28. The summed E-state index contributed by atoms with van der Waals surface area (Å²) in [6.07, 6.45) is 2.69. The first-order chi connectivity index (χ1) is 17.1. The van der Waals surface area contributed by atoms with Gasteiger partial charge in [0.2, 0.25) is 5.91 Å². The number of halogens is 2. The van der Waals surface area contributed by atoms with E-state index >= 15 is 0 Å². The molecule has 2 saturated heterocycles. The van der Waals surface area contributed by atoms with E-state index in [0.29, 0.717) is 29.4 Å². The zero-order valence-corrected chi connectivity index (χ0v) is 22.8. The molecule has 3 aromatic rings. The number of urea groups is 1. The SMILES string of the molecule is CN1CCC(=O)N(Cc2cc3nccc(-c4cc(Cl)cc(Cl)c4CC4CNCC(C)(C)O4)c3s2)C1=O. The minimum absolute atomic E-state index is 0.0319. The minimum atomic E-state index is -0.273. The van der Waals surface area contributed by atoms with E-state index in [0.717, 1.165) is 44.9 Å². The van der Waals surface area contributed by atoms with Crippen molar-refractivity contribution in [2.75, 3.05) is 26.7 Å². The molecule has 0 aliphatic carbocycles. The summed E-state index contributed by atoms with van der Waals surface area (Å²) in [5.74, 6) is -0.156. The maximum atomic E-state index is 12.6. The van der Waals surface area contributed by atoms with Gasteiger partial charge in [0.25, 0.3) is 0 Å². The highest BCUT2D eigenvalue weighted by Crippen LogP contribution is 2.40. The van der Waals surface area contributed by atoms with Gasteiger partial charge in [-0.2, -0.15) is 0 Å². The summed E-state index contributed by atoms with van der Waals surface area (Å²) in [6.45, 7) is 6.36. The van der Waals surface area contributed by atoms with E-state index in [1.54, 1.807) is 24.2 Å². The Morgan fingerprint density at radius 3 is 2.81 bits per heavy atom. The standard InChI is InChI=1S/C26H28Cl2N4O3S/c1-26(2)14-29-12-16(35-26)10-20-19(8-15(27)9-21(20)28)18-4-6-30-22-11-17(36-24(18)22)13-32-23(33)5-7-31(3)25(32)34/h4,6,8-9,11,16,29H,5,7,10,12-14H2,1-3H3. The largest absolute Gasteiger partial charge is 0.369 e. The summed E-state index contributed by atoms with van der Waals surface area (Å²) >= 11 is 14.7. The van der Waals surface area contributed by atoms with Crippen LogP contribution >= 0.6 is 34.5 Å². The summed E-state index contributed by atoms with van der Waals surface area (Å²) in [5, 5.41) is 4.60. The van der Waals surface area contributed by atoms with Gasteiger partial charge in [-0.1, -0.05) is 23.2 Å². The number of amides is 3. The molecule has 2 aliphatic rings. The first kappa shape index (κ1) is 25.4. The number of carbonyl (C=O) groups excluding carboxylic acids is 2. The van der Waals surface area contributed by atoms with E-state index in [1.807, 2.05) is 18.2 Å². The lowest BCUT2D eigenvalue weighted by Gasteiger charge is -2.37. The van der Waals surface area contributed by atoms with Crippen LogP contribution in [0.1, 0.15) is 30.7 Å². The number of hydrogen-bond donors (Lipinski definition) is 1. The molecule has 0 bridgehead atoms. The number of ether oxygens (including phenoxy) is 1. The van der Waals surface area contributed by atoms with Gasteiger partial charge in [0, 0.05) is 66.2 Å². The Balaban J connectivity index is 1.52. The van der Waals surface area contributed by atoms with Crippen molar-refractivity contribution in [1.82, 2.24) is 20.1 Å². The zero-order chi connectivity index (χ0) is 25.6. The Bertz CT molecular complexity index is 1340. The van der Waals surface area contributed by atoms with Crippen molar-refractivity contribution in [3.05, 3.63) is 50.9 Å². The van der Waals surface area contributed by atoms with E-state index in [9.17, 15) is 9.59 Å². The molecule has 36 heavy (non-hydrogen) atoms. The number of nitrogens with one attached hydrogen (secondary N) is 1. The molecule has 1 atom stereocenters. The quantitative estimate of drug-likeness (QED) is 0.466. The molecular formula is C26H28Cl2N4O3S. The second kappa shape index (κ2) is 9.91. The van der Waals surface area contributed by atoms with Crippen LogP contribution in [0.2, 0.25) is 10.0 Å². The highest BCUT2D eigenvalue weighted by molar-refractivity contribution is 7.19. The van der Waals surface area contributed by atoms with Crippen LogP contribution in [0.3, 0.4) is 0 Å². The normalized spacial score (nSPS) is 20.4. The molecule has 2 aliphatic heterocycles. The van der Waals surface area contributed by atoms with Crippen molar-refractivity contribution in [1.29, 1.82) is 0 Å². The lowest BCUT2D eigenvalue weighted by molar-refractivity contribution is -0.131. The number of thiophene rings is 1. The molecule has 5 rings (SSSR count). The topological polar surface area (TPSA) is 74.8 Å². The van der Waals surface area contributed by atoms with Gasteiger partial charge < -0.3 is 15.0 Å². The number of pyridine rings is 1. The third kappa shape index (κ3) is 5.10. The van der Waals surface area contributed by atoms with E-state index < -0.39 is 0 Å². The molecule has 1 unspecified atom stereocenters. The van der Waals surface area contributed by atoms with Gasteiger partial charge in [-0.05, 0) is 49.2 Å². The molecule has 7 nitrogen and oxygen atoms in total. The second-order valence-corrected chi connectivity index (χ2v) is 11.9. The van der Waals surface area contributed by atoms with Crippen molar-refractivity contribution in [3.8, 4) is 11.1 Å². The molecule has 1 aromatic carbocycles. The van der Waals surface area contributed by atoms with E-state index in [1.165, 1.54) is 16.2 Å². The van der Waals surface area contributed by atoms with Gasteiger partial charge in [-0.15, -0.1) is 11.3 Å². The summed E-state index contributed by atoms with van der Waals surface area (Å²) in [5.41, 5.74) is 3.41. The second-order valence-electron chi connectivity index (χ2n) is 9.97. The molecular weight excluding hydrogens is 519 g/mol. The Hall–Kier alpha value is -2.23. The van der Waals surface area contributed by atoms with Gasteiger partial charge in [0.1, 0.15) is 0 Å². The number of morpholine rings is 1. The van der Waals surface area contributed by atoms with Gasteiger partial charge in [-0.25, -0.2) is 4.79 Å². The Kier molecular flexibility index (Phi) is 7.00. The van der Waals surface area contributed by atoms with Crippen LogP contribution in [0.25, 0.3) is 21.3 Å². The van der Waals surface area contributed by atoms with Gasteiger partial charge in [0.05, 0.1) is 28.5 Å². The zero-order valence-electron chi connectivity index (χ0n) is 20.4. The summed E-state index contributed by atoms with van der Waals surface area (Å²) in [4.78, 5) is 33.3. The average molecular weight is 548 g/mol. The minimum Gasteiger partial charge on any atom is -0.369 e. The van der Waals surface area contributed by atoms with Crippen LogP contribution < -0.4 is 5.32 Å². The molecule has 2 aromatic heterocycles. The fourth-order valence-electron chi connectivity index (χ4n) is 4.86. The molecule has 4 heterocycles. The number of carbonyl (C=O) groups is 2. The van der Waals surface area contributed by atoms with Crippen LogP contribution in [-0.2, 0) is 22.5 Å². The Morgan fingerprint density at radius 1 is 1.22 bits per heavy atom. The molecule has 2 fully saturated rings. The lowest BCUT2D eigenvalue weighted by atomic mass is 9.94. The van der Waals surface area contributed by atoms with Crippen LogP contribution in [0.4, 0.5) is 4.79 Å². The number of nitrogens with zero attached hydrogens (tertiary/aromatic N) is 3. The number of fused-ring (bicyclic) bond motifs is 1. The van der Waals surface area contributed by atoms with Crippen molar-refractivity contribution >= 4 is 56.7 Å². The van der Waals surface area contributed by atoms with Crippen molar-refractivity contribution < 1.29 is 14.3 Å². The lowest BCUT2D eigenvalue weighted by Crippen LogP contribution is -2.51. The fraction of sp³-hybridized carbons (Fsp3) is 0.423. The first-order valence-electron chi connectivity index (χ1n) is 11.9. The fourth-order valence-corrected chi connectivity index (χ4v) is 6.56. The summed E-state index contributed by atoms with van der Waals surface area (Å²) in [7, 11) is 1.71. The summed E-state index contributed by atoms with van der Waals surface area (Å²) in [6, 6.07) is 7.34. The molecule has 0 radical (unpaired) electrons. The van der Waals surface area contributed by atoms with E-state index in [-0.39, 0.29) is 30.2 Å². The predicted octanol–water partition coefficient (Wildman–Crippen LogP) is 5.36. The van der Waals surface area contributed by atoms with Crippen LogP contribution in [0, 0.1) is 0 Å². The van der Waals surface area contributed by atoms with E-state index in [4.69, 9.17) is 27.9 Å². The Morgan fingerprint density at radius 2 is 2.03 bits per heavy atom. The van der Waals surface area contributed by atoms with Crippen LogP contribution in [0.15, 0.2) is 30.5 Å². The monoisotopic (exact) mass is 546 g/mol. The molecule has 0 saturated carbocycles. The molecule has 3 amide bonds. The number of benzene rings is 1. The molecule has 0 spiro atoms. The number of imide groups is 1. The van der Waals surface area contributed by atoms with Crippen molar-refractivity contribution in [3.63, 3.8) is 0 Å². The maximum absolute atomic E-state index is 12.6. The van der Waals surface area contributed by atoms with E-state index in [2.05, 4.69) is 24.1 Å². The highest BCUT2D eigenvalue weighted by Gasteiger charge is 2.31. The number of aromatic nitrogens is 1. The predicted molar refractivity (Wildman–Crippen MR) is 144 cm³/mol. The Labute approximate surface area is 224 Å². The highest BCUT2D eigenvalue weighted by atomic mass is 35.5. The molecule has 10 heteroatoms. The number of hydrogen-bond acceptors (Lipinski definition) is 6. The van der Waals surface area contributed by atoms with Gasteiger partial charge >= 0.3 is 6.03 Å². The number of rotatable bonds is 5. The van der Waals surface area contributed by atoms with Crippen LogP contribution in [0.5, 0.6) is 0 Å². The van der Waals surface area contributed by atoms with Gasteiger partial charge in [0.15, 0.2) is 0 Å². The molecule has 1 N–H and O–H groups in total.